The van der Waals surface area contributed by atoms with Gasteiger partial charge in [-0.25, -0.2) is 4.79 Å². The van der Waals surface area contributed by atoms with Gasteiger partial charge >= 0.3 is 5.97 Å². The van der Waals surface area contributed by atoms with Crippen molar-refractivity contribution < 1.29 is 23.8 Å². The molecule has 1 aliphatic heterocycles. The predicted octanol–water partition coefficient (Wildman–Crippen LogP) is 5.30. The zero-order valence-corrected chi connectivity index (χ0v) is 20.8. The number of rotatable bonds is 8. The molecule has 0 N–H and O–H groups in total. The van der Waals surface area contributed by atoms with Gasteiger partial charge in [0.05, 0.1) is 24.3 Å². The number of carbonyl (C=O) groups excluding carboxylic acids is 2. The van der Waals surface area contributed by atoms with Crippen LogP contribution in [0.3, 0.4) is 0 Å². The van der Waals surface area contributed by atoms with Crippen molar-refractivity contribution in [3.8, 4) is 17.2 Å². The summed E-state index contributed by atoms with van der Waals surface area (Å²) in [6, 6.07) is 13.4. The van der Waals surface area contributed by atoms with Gasteiger partial charge in [0.25, 0.3) is 5.91 Å². The number of fused-ring (bicyclic) bond motifs is 1. The fraction of sp³-hybridized carbons (Fsp3) is 0.429. The molecule has 7 nitrogen and oxygen atoms in total. The molecular formula is C28H34N2O5. The van der Waals surface area contributed by atoms with E-state index in [-0.39, 0.29) is 25.1 Å². The second-order valence-electron chi connectivity index (χ2n) is 8.71. The van der Waals surface area contributed by atoms with Gasteiger partial charge in [0.2, 0.25) is 0 Å². The first-order valence-corrected chi connectivity index (χ1v) is 12.5. The first-order valence-electron chi connectivity index (χ1n) is 12.5. The highest BCUT2D eigenvalue weighted by atomic mass is 16.5. The van der Waals surface area contributed by atoms with Crippen LogP contribution in [0.15, 0.2) is 42.5 Å². The molecule has 0 radical (unpaired) electrons. The number of hydrogen-bond donors (Lipinski definition) is 0. The van der Waals surface area contributed by atoms with E-state index in [1.54, 1.807) is 6.92 Å². The maximum Gasteiger partial charge on any atom is 0.340 e. The van der Waals surface area contributed by atoms with Crippen LogP contribution in [0.4, 0.5) is 0 Å². The van der Waals surface area contributed by atoms with Gasteiger partial charge < -0.3 is 23.7 Å². The number of aromatic nitrogens is 1. The second kappa shape index (κ2) is 11.3. The smallest absolute Gasteiger partial charge is 0.340 e. The summed E-state index contributed by atoms with van der Waals surface area (Å²) in [7, 11) is 0. The molecule has 1 fully saturated rings. The van der Waals surface area contributed by atoms with Crippen LogP contribution in [0.5, 0.6) is 11.5 Å². The SMILES string of the molecule is CCOC(=O)c1c(C)n(-c2ccc(OCC)cc2)c2ccc(OCC(=O)N3CCCCCC3)cc12. The van der Waals surface area contributed by atoms with Gasteiger partial charge in [-0.15, -0.1) is 0 Å². The van der Waals surface area contributed by atoms with Gasteiger partial charge in [0.1, 0.15) is 11.5 Å². The van der Waals surface area contributed by atoms with E-state index < -0.39 is 0 Å². The molecule has 186 valence electrons. The van der Waals surface area contributed by atoms with E-state index >= 15 is 0 Å². The highest BCUT2D eigenvalue weighted by Crippen LogP contribution is 2.33. The van der Waals surface area contributed by atoms with Crippen molar-refractivity contribution in [1.82, 2.24) is 9.47 Å². The lowest BCUT2D eigenvalue weighted by atomic mass is 10.1. The maximum absolute atomic E-state index is 12.9. The van der Waals surface area contributed by atoms with Crippen molar-refractivity contribution in [2.75, 3.05) is 32.9 Å². The van der Waals surface area contributed by atoms with Crippen molar-refractivity contribution in [3.63, 3.8) is 0 Å². The fourth-order valence-electron chi connectivity index (χ4n) is 4.70. The maximum atomic E-state index is 12.9. The summed E-state index contributed by atoms with van der Waals surface area (Å²) in [5.74, 6) is 0.967. The van der Waals surface area contributed by atoms with Crippen LogP contribution in [0, 0.1) is 6.92 Å². The lowest BCUT2D eigenvalue weighted by Crippen LogP contribution is -2.35. The summed E-state index contributed by atoms with van der Waals surface area (Å²) in [5.41, 5.74) is 3.05. The Morgan fingerprint density at radius 2 is 1.54 bits per heavy atom. The molecule has 2 aromatic carbocycles. The van der Waals surface area contributed by atoms with Crippen LogP contribution < -0.4 is 9.47 Å². The Labute approximate surface area is 206 Å². The van der Waals surface area contributed by atoms with E-state index in [2.05, 4.69) is 0 Å². The Hall–Kier alpha value is -3.48. The van der Waals surface area contributed by atoms with Crippen molar-refractivity contribution in [3.05, 3.63) is 53.7 Å². The Bertz CT molecular complexity index is 1170. The Balaban J connectivity index is 1.65. The molecule has 0 unspecified atom stereocenters. The predicted molar refractivity (Wildman–Crippen MR) is 136 cm³/mol. The summed E-state index contributed by atoms with van der Waals surface area (Å²) in [6.07, 6.45) is 4.42. The van der Waals surface area contributed by atoms with Crippen LogP contribution in [0.2, 0.25) is 0 Å². The molecular weight excluding hydrogens is 444 g/mol. The van der Waals surface area contributed by atoms with Crippen LogP contribution in [0.1, 0.15) is 55.6 Å². The lowest BCUT2D eigenvalue weighted by Gasteiger charge is -2.20. The molecule has 0 bridgehead atoms. The zero-order chi connectivity index (χ0) is 24.8. The van der Waals surface area contributed by atoms with Gasteiger partial charge in [-0.2, -0.15) is 0 Å². The molecule has 1 aliphatic rings. The van der Waals surface area contributed by atoms with Gasteiger partial charge in [-0.05, 0) is 76.1 Å². The van der Waals surface area contributed by atoms with Gasteiger partial charge in [0.15, 0.2) is 6.61 Å². The Morgan fingerprint density at radius 3 is 2.20 bits per heavy atom. The molecule has 7 heteroatoms. The Kier molecular flexibility index (Phi) is 7.95. The molecule has 1 saturated heterocycles. The van der Waals surface area contributed by atoms with Crippen molar-refractivity contribution in [2.24, 2.45) is 0 Å². The number of amides is 1. The first-order chi connectivity index (χ1) is 17.0. The highest BCUT2D eigenvalue weighted by Gasteiger charge is 2.23. The quantitative estimate of drug-likeness (QED) is 0.411. The normalized spacial score (nSPS) is 14.0. The molecule has 3 aromatic rings. The van der Waals surface area contributed by atoms with Crippen LogP contribution in [-0.4, -0.2) is 54.3 Å². The molecule has 0 aliphatic carbocycles. The van der Waals surface area contributed by atoms with Crippen molar-refractivity contribution in [2.45, 2.75) is 46.5 Å². The number of carbonyl (C=O) groups is 2. The molecule has 1 aromatic heterocycles. The monoisotopic (exact) mass is 478 g/mol. The topological polar surface area (TPSA) is 70.0 Å². The summed E-state index contributed by atoms with van der Waals surface area (Å²) >= 11 is 0. The summed E-state index contributed by atoms with van der Waals surface area (Å²) < 4.78 is 18.9. The van der Waals surface area contributed by atoms with E-state index in [1.165, 1.54) is 12.8 Å². The molecule has 35 heavy (non-hydrogen) atoms. The van der Waals surface area contributed by atoms with Crippen molar-refractivity contribution >= 4 is 22.8 Å². The fourth-order valence-corrected chi connectivity index (χ4v) is 4.70. The van der Waals surface area contributed by atoms with E-state index in [0.29, 0.717) is 17.9 Å². The summed E-state index contributed by atoms with van der Waals surface area (Å²) in [6.45, 7) is 8.10. The number of likely N-dealkylation sites (tertiary alicyclic amines) is 1. The van der Waals surface area contributed by atoms with E-state index in [0.717, 1.165) is 54.0 Å². The molecule has 1 amide bonds. The average Bonchev–Trinajstić information content (AvgIpc) is 3.00. The van der Waals surface area contributed by atoms with Gasteiger partial charge in [0, 0.05) is 29.9 Å². The number of nitrogens with zero attached hydrogens (tertiary/aromatic N) is 2. The minimum Gasteiger partial charge on any atom is -0.494 e. The van der Waals surface area contributed by atoms with E-state index in [4.69, 9.17) is 14.2 Å². The van der Waals surface area contributed by atoms with Crippen LogP contribution in [0.25, 0.3) is 16.6 Å². The van der Waals surface area contributed by atoms with Gasteiger partial charge in [-0.3, -0.25) is 4.79 Å². The zero-order valence-electron chi connectivity index (χ0n) is 20.8. The summed E-state index contributed by atoms with van der Waals surface area (Å²) in [5, 5.41) is 0.731. The number of hydrogen-bond acceptors (Lipinski definition) is 5. The second-order valence-corrected chi connectivity index (χ2v) is 8.71. The molecule has 2 heterocycles. The largest absolute Gasteiger partial charge is 0.494 e. The minimum atomic E-state index is -0.377. The van der Waals surface area contributed by atoms with E-state index in [1.807, 2.05) is 65.8 Å². The highest BCUT2D eigenvalue weighted by molar-refractivity contribution is 6.07. The third kappa shape index (κ3) is 5.45. The number of benzene rings is 2. The average molecular weight is 479 g/mol. The molecule has 0 spiro atoms. The lowest BCUT2D eigenvalue weighted by molar-refractivity contribution is -0.133. The number of ether oxygens (including phenoxy) is 3. The standard InChI is InChI=1S/C28H34N2O5/c1-4-33-22-12-10-21(11-13-22)30-20(3)27(28(32)34-5-2)24-18-23(14-15-25(24)30)35-19-26(31)29-16-8-6-7-9-17-29/h10-15,18H,4-9,16-17,19H2,1-3H3. The van der Waals surface area contributed by atoms with Crippen LogP contribution >= 0.6 is 0 Å². The number of esters is 1. The molecule has 4 rings (SSSR count). The van der Waals surface area contributed by atoms with Crippen LogP contribution in [-0.2, 0) is 9.53 Å². The van der Waals surface area contributed by atoms with Crippen molar-refractivity contribution in [1.29, 1.82) is 0 Å². The minimum absolute atomic E-state index is 0.000696. The third-order valence-corrected chi connectivity index (χ3v) is 6.38. The third-order valence-electron chi connectivity index (χ3n) is 6.38. The molecule has 0 atom stereocenters. The van der Waals surface area contributed by atoms with E-state index in [9.17, 15) is 9.59 Å². The Morgan fingerprint density at radius 1 is 0.857 bits per heavy atom. The first kappa shape index (κ1) is 24.6. The molecule has 0 saturated carbocycles. The summed E-state index contributed by atoms with van der Waals surface area (Å²) in [4.78, 5) is 27.5. The van der Waals surface area contributed by atoms with Gasteiger partial charge in [-0.1, -0.05) is 12.8 Å².